The zero-order valence-corrected chi connectivity index (χ0v) is 25.3. The third-order valence-corrected chi connectivity index (χ3v) is 9.42. The number of phosphoric acid groups is 3. The Hall–Kier alpha value is -2.86. The van der Waals surface area contributed by atoms with Crippen molar-refractivity contribution in [1.29, 1.82) is 0 Å². The van der Waals surface area contributed by atoms with Crippen LogP contribution in [-0.2, 0) is 38.1 Å². The summed E-state index contributed by atoms with van der Waals surface area (Å²) in [6.45, 7) is 3.63. The molecule has 2 heterocycles. The van der Waals surface area contributed by atoms with Gasteiger partial charge in [0.15, 0.2) is 6.23 Å². The van der Waals surface area contributed by atoms with Gasteiger partial charge in [-0.1, -0.05) is 18.2 Å². The van der Waals surface area contributed by atoms with Gasteiger partial charge in [-0.25, -0.2) is 18.5 Å². The molecule has 0 saturated carbocycles. The Morgan fingerprint density at radius 2 is 1.68 bits per heavy atom. The van der Waals surface area contributed by atoms with Crippen LogP contribution >= 0.6 is 23.5 Å². The monoisotopic (exact) mass is 683 g/mol. The molecule has 2 aromatic rings. The first-order valence-electron chi connectivity index (χ1n) is 12.1. The van der Waals surface area contributed by atoms with Gasteiger partial charge in [-0.3, -0.25) is 23.4 Å². The van der Waals surface area contributed by atoms with E-state index in [0.29, 0.717) is 11.5 Å². The Morgan fingerprint density at radius 1 is 1.02 bits per heavy atom. The van der Waals surface area contributed by atoms with E-state index in [1.54, 1.807) is 43.3 Å². The molecule has 1 aliphatic heterocycles. The SMILES string of the molecule is C=N/C(=C\C(=C/C)Oc1ccccc1)Cn1c(=O)ccn([C@@H]2O[C@H](COP(=O)(O)OP(=O)(O)OP(=O)(O)O)C(O)C2O)c1=O. The molecule has 1 aromatic heterocycles. The fourth-order valence-corrected chi connectivity index (χ4v) is 6.73. The van der Waals surface area contributed by atoms with Crippen LogP contribution in [0.5, 0.6) is 5.75 Å². The molecule has 4 unspecified atom stereocenters. The Morgan fingerprint density at radius 3 is 2.27 bits per heavy atom. The van der Waals surface area contributed by atoms with Gasteiger partial charge in [-0.2, -0.15) is 8.62 Å². The highest BCUT2D eigenvalue weighted by atomic mass is 31.3. The van der Waals surface area contributed by atoms with Crippen LogP contribution in [0.25, 0.3) is 0 Å². The molecule has 19 nitrogen and oxygen atoms in total. The van der Waals surface area contributed by atoms with E-state index < -0.39 is 72.4 Å². The summed E-state index contributed by atoms with van der Waals surface area (Å²) in [5, 5.41) is 20.9. The number of nitrogens with zero attached hydrogens (tertiary/aromatic N) is 3. The minimum Gasteiger partial charge on any atom is -0.458 e. The molecule has 6 N–H and O–H groups in total. The largest absolute Gasteiger partial charge is 0.490 e. The van der Waals surface area contributed by atoms with E-state index in [-0.39, 0.29) is 5.70 Å². The molecule has 6 atom stereocenters. The van der Waals surface area contributed by atoms with E-state index in [1.807, 2.05) is 0 Å². The lowest BCUT2D eigenvalue weighted by molar-refractivity contribution is -0.0547. The van der Waals surface area contributed by atoms with Crippen LogP contribution in [0, 0.1) is 0 Å². The summed E-state index contributed by atoms with van der Waals surface area (Å²) in [5.41, 5.74) is -1.67. The predicted molar refractivity (Wildman–Crippen MR) is 149 cm³/mol. The number of para-hydroxylation sites is 1. The zero-order valence-electron chi connectivity index (χ0n) is 22.6. The molecule has 1 saturated heterocycles. The molecule has 0 bridgehead atoms. The third kappa shape index (κ3) is 9.82. The average molecular weight is 683 g/mol. The number of ether oxygens (including phenoxy) is 2. The number of hydrogen-bond donors (Lipinski definition) is 6. The standard InChI is InChI=1S/C22H28N3O16P3/c1-3-15(38-16-7-5-4-6-8-16)11-14(23-2)12-25-18(26)9-10-24(22(25)29)21-20(28)19(27)17(39-21)13-37-43(33,34)41-44(35,36)40-42(30,31)32/h3-11,17,19-21,27-28H,2,12-13H2,1H3,(H,33,34)(H,35,36)(H2,30,31,32)/b14-11-,15-3+/t17-,19?,20?,21-/m1/s1. The smallest absolute Gasteiger partial charge is 0.458 e. The summed E-state index contributed by atoms with van der Waals surface area (Å²) in [5.74, 6) is 0.826. The first-order valence-corrected chi connectivity index (χ1v) is 16.7. The van der Waals surface area contributed by atoms with Crippen molar-refractivity contribution in [1.82, 2.24) is 9.13 Å². The lowest BCUT2D eigenvalue weighted by atomic mass is 10.1. The second-order valence-electron chi connectivity index (χ2n) is 8.76. The highest BCUT2D eigenvalue weighted by Gasteiger charge is 2.47. The highest BCUT2D eigenvalue weighted by Crippen LogP contribution is 2.66. The van der Waals surface area contributed by atoms with Crippen molar-refractivity contribution in [2.24, 2.45) is 4.99 Å². The maximum atomic E-state index is 13.3. The summed E-state index contributed by atoms with van der Waals surface area (Å²) in [4.78, 5) is 65.8. The number of allylic oxidation sites excluding steroid dienone is 3. The van der Waals surface area contributed by atoms with Crippen LogP contribution < -0.4 is 16.0 Å². The Labute approximate surface area is 248 Å². The summed E-state index contributed by atoms with van der Waals surface area (Å²) in [6, 6.07) is 9.68. The van der Waals surface area contributed by atoms with Crippen molar-refractivity contribution >= 4 is 30.2 Å². The molecule has 3 rings (SSSR count). The van der Waals surface area contributed by atoms with Gasteiger partial charge in [0.05, 0.1) is 18.8 Å². The zero-order chi connectivity index (χ0) is 32.9. The van der Waals surface area contributed by atoms with Gasteiger partial charge < -0.3 is 39.3 Å². The van der Waals surface area contributed by atoms with E-state index in [9.17, 15) is 43.3 Å². The summed E-state index contributed by atoms with van der Waals surface area (Å²) >= 11 is 0. The van der Waals surface area contributed by atoms with Crippen LogP contribution in [0.3, 0.4) is 0 Å². The van der Waals surface area contributed by atoms with E-state index in [4.69, 9.17) is 19.3 Å². The lowest BCUT2D eigenvalue weighted by Gasteiger charge is -2.19. The number of phosphoric ester groups is 1. The molecule has 22 heteroatoms. The minimum absolute atomic E-state index is 0.132. The van der Waals surface area contributed by atoms with Crippen LogP contribution in [0.15, 0.2) is 80.8 Å². The van der Waals surface area contributed by atoms with Gasteiger partial charge in [0, 0.05) is 18.3 Å². The number of aromatic nitrogens is 2. The topological polar surface area (TPSA) is 275 Å². The first-order chi connectivity index (χ1) is 20.4. The third-order valence-electron chi connectivity index (χ3n) is 5.62. The number of aliphatic imine (C=N–C) groups is 1. The quantitative estimate of drug-likeness (QED) is 0.0686. The van der Waals surface area contributed by atoms with Gasteiger partial charge in [-0.15, -0.1) is 0 Å². The molecular formula is C22H28N3O16P3. The maximum Gasteiger partial charge on any atom is 0.490 e. The second-order valence-corrected chi connectivity index (χ2v) is 13.2. The van der Waals surface area contributed by atoms with E-state index >= 15 is 0 Å². The Balaban J connectivity index is 1.78. The number of aliphatic hydroxyl groups is 2. The number of benzene rings is 1. The van der Waals surface area contributed by atoms with E-state index in [1.165, 1.54) is 6.08 Å². The molecule has 0 radical (unpaired) electrons. The van der Waals surface area contributed by atoms with Gasteiger partial charge in [0.1, 0.15) is 29.8 Å². The second kappa shape index (κ2) is 14.5. The first kappa shape index (κ1) is 35.6. The van der Waals surface area contributed by atoms with Gasteiger partial charge in [0.2, 0.25) is 0 Å². The van der Waals surface area contributed by atoms with E-state index in [2.05, 4.69) is 24.9 Å². The fraction of sp³-hybridized carbons (Fsp3) is 0.318. The number of rotatable bonds is 14. The van der Waals surface area contributed by atoms with Crippen molar-refractivity contribution in [3.05, 3.63) is 87.0 Å². The fourth-order valence-electron chi connectivity index (χ4n) is 3.70. The summed E-state index contributed by atoms with van der Waals surface area (Å²) < 4.78 is 58.5. The Bertz CT molecular complexity index is 1670. The van der Waals surface area contributed by atoms with Gasteiger partial charge >= 0.3 is 29.2 Å². The van der Waals surface area contributed by atoms with Gasteiger partial charge in [-0.05, 0) is 31.9 Å². The minimum atomic E-state index is -5.80. The number of aliphatic hydroxyl groups excluding tert-OH is 2. The van der Waals surface area contributed by atoms with Crippen LogP contribution in [-0.4, -0.2) is 70.6 Å². The summed E-state index contributed by atoms with van der Waals surface area (Å²) in [6.07, 6.45) is -3.07. The molecule has 1 fully saturated rings. The molecular weight excluding hydrogens is 655 g/mol. The van der Waals surface area contributed by atoms with Crippen molar-refractivity contribution in [3.8, 4) is 5.75 Å². The predicted octanol–water partition coefficient (Wildman–Crippen LogP) is 0.540. The van der Waals surface area contributed by atoms with Crippen molar-refractivity contribution in [3.63, 3.8) is 0 Å². The van der Waals surface area contributed by atoms with Crippen molar-refractivity contribution in [2.75, 3.05) is 6.61 Å². The lowest BCUT2D eigenvalue weighted by Crippen LogP contribution is -2.43. The number of hydrogen-bond acceptors (Lipinski definition) is 13. The molecule has 0 amide bonds. The maximum absolute atomic E-state index is 13.3. The molecule has 242 valence electrons. The summed E-state index contributed by atoms with van der Waals surface area (Å²) in [7, 11) is -17.0. The average Bonchev–Trinajstić information content (AvgIpc) is 3.20. The van der Waals surface area contributed by atoms with Crippen molar-refractivity contribution < 1.29 is 66.1 Å². The molecule has 44 heavy (non-hydrogen) atoms. The van der Waals surface area contributed by atoms with E-state index in [0.717, 1.165) is 21.4 Å². The van der Waals surface area contributed by atoms with Crippen molar-refractivity contribution in [2.45, 2.75) is 38.0 Å². The molecule has 1 aliphatic rings. The van der Waals surface area contributed by atoms with Crippen LogP contribution in [0.2, 0.25) is 0 Å². The van der Waals surface area contributed by atoms with Crippen LogP contribution in [0.1, 0.15) is 13.2 Å². The normalized spacial score (nSPS) is 24.0. The highest BCUT2D eigenvalue weighted by molar-refractivity contribution is 7.66. The molecule has 0 spiro atoms. The molecule has 1 aromatic carbocycles. The van der Waals surface area contributed by atoms with Gasteiger partial charge in [0.25, 0.3) is 5.56 Å². The Kier molecular flexibility index (Phi) is 11.7. The van der Waals surface area contributed by atoms with Crippen LogP contribution in [0.4, 0.5) is 0 Å². The molecule has 0 aliphatic carbocycles.